The number of thioether (sulfide) groups is 1. The van der Waals surface area contributed by atoms with Crippen molar-refractivity contribution in [1.29, 1.82) is 0 Å². The number of halogens is 1. The molecule has 1 unspecified atom stereocenters. The van der Waals surface area contributed by atoms with Gasteiger partial charge in [0.15, 0.2) is 0 Å². The maximum absolute atomic E-state index is 5.78. The molecule has 1 aliphatic rings. The molecule has 2 heterocycles. The Morgan fingerprint density at radius 1 is 1.67 bits per heavy atom. The lowest BCUT2D eigenvalue weighted by Gasteiger charge is -2.26. The van der Waals surface area contributed by atoms with E-state index >= 15 is 0 Å². The molecule has 1 atom stereocenters. The second kappa shape index (κ2) is 5.08. The zero-order chi connectivity index (χ0) is 10.7. The molecule has 4 heteroatoms. The zero-order valence-electron chi connectivity index (χ0n) is 8.82. The van der Waals surface area contributed by atoms with Crippen molar-refractivity contribution in [3.05, 3.63) is 24.0 Å². The standard InChI is InChI=1S/C11H15ClN2S/c1-14(11-3-5-15-8-11)10-2-4-13-9(6-10)7-12/h2,4,6,11H,3,5,7-8H2,1H3. The maximum atomic E-state index is 5.78. The highest BCUT2D eigenvalue weighted by atomic mass is 35.5. The van der Waals surface area contributed by atoms with Crippen molar-refractivity contribution in [1.82, 2.24) is 4.98 Å². The van der Waals surface area contributed by atoms with Gasteiger partial charge in [-0.25, -0.2) is 0 Å². The Morgan fingerprint density at radius 2 is 2.53 bits per heavy atom. The topological polar surface area (TPSA) is 16.1 Å². The second-order valence-electron chi connectivity index (χ2n) is 3.77. The molecule has 0 N–H and O–H groups in total. The quantitative estimate of drug-likeness (QED) is 0.759. The molecule has 0 aliphatic carbocycles. The van der Waals surface area contributed by atoms with Crippen LogP contribution in [0.25, 0.3) is 0 Å². The highest BCUT2D eigenvalue weighted by molar-refractivity contribution is 7.99. The lowest BCUT2D eigenvalue weighted by molar-refractivity contribution is 0.699. The Bertz CT molecular complexity index is 326. The van der Waals surface area contributed by atoms with Crippen LogP contribution < -0.4 is 4.90 Å². The number of hydrogen-bond donors (Lipinski definition) is 0. The van der Waals surface area contributed by atoms with Crippen LogP contribution in [0, 0.1) is 0 Å². The van der Waals surface area contributed by atoms with Crippen molar-refractivity contribution in [2.24, 2.45) is 0 Å². The average molecular weight is 243 g/mol. The normalized spacial score (nSPS) is 20.5. The number of hydrogen-bond acceptors (Lipinski definition) is 3. The minimum absolute atomic E-state index is 0.487. The summed E-state index contributed by atoms with van der Waals surface area (Å²) in [6.07, 6.45) is 3.12. The van der Waals surface area contributed by atoms with E-state index in [1.165, 1.54) is 23.6 Å². The Hall–Kier alpha value is -0.410. The summed E-state index contributed by atoms with van der Waals surface area (Å²) in [7, 11) is 2.16. The molecule has 1 aliphatic heterocycles. The lowest BCUT2D eigenvalue weighted by Crippen LogP contribution is -2.31. The van der Waals surface area contributed by atoms with Crippen LogP contribution in [0.15, 0.2) is 18.3 Å². The molecule has 1 aromatic heterocycles. The fourth-order valence-electron chi connectivity index (χ4n) is 1.80. The third-order valence-electron chi connectivity index (χ3n) is 2.80. The number of alkyl halides is 1. The van der Waals surface area contributed by atoms with E-state index in [0.29, 0.717) is 11.9 Å². The minimum atomic E-state index is 0.487. The van der Waals surface area contributed by atoms with Gasteiger partial charge < -0.3 is 4.90 Å². The van der Waals surface area contributed by atoms with Crippen LogP contribution in [0.5, 0.6) is 0 Å². The number of rotatable bonds is 3. The summed E-state index contributed by atoms with van der Waals surface area (Å²) < 4.78 is 0. The molecule has 1 saturated heterocycles. The van der Waals surface area contributed by atoms with Gasteiger partial charge in [-0.1, -0.05) is 0 Å². The molecule has 1 fully saturated rings. The Kier molecular flexibility index (Phi) is 3.76. The number of pyridine rings is 1. The van der Waals surface area contributed by atoms with Crippen molar-refractivity contribution in [3.63, 3.8) is 0 Å². The summed E-state index contributed by atoms with van der Waals surface area (Å²) >= 11 is 7.81. The third kappa shape index (κ3) is 2.58. The summed E-state index contributed by atoms with van der Waals surface area (Å²) in [5.74, 6) is 3.00. The van der Waals surface area contributed by atoms with Crippen molar-refractivity contribution in [2.75, 3.05) is 23.5 Å². The number of anilines is 1. The van der Waals surface area contributed by atoms with Gasteiger partial charge in [-0.3, -0.25) is 4.98 Å². The van der Waals surface area contributed by atoms with E-state index in [1.807, 2.05) is 18.0 Å². The highest BCUT2D eigenvalue weighted by Gasteiger charge is 2.20. The molecular weight excluding hydrogens is 228 g/mol. The SMILES string of the molecule is CN(c1ccnc(CCl)c1)C1CCSC1. The largest absolute Gasteiger partial charge is 0.371 e. The van der Waals surface area contributed by atoms with Crippen molar-refractivity contribution >= 4 is 29.1 Å². The van der Waals surface area contributed by atoms with Gasteiger partial charge in [-0.05, 0) is 24.3 Å². The first-order chi connectivity index (χ1) is 7.31. The fourth-order valence-corrected chi connectivity index (χ4v) is 3.21. The maximum Gasteiger partial charge on any atom is 0.0648 e. The monoisotopic (exact) mass is 242 g/mol. The van der Waals surface area contributed by atoms with Gasteiger partial charge in [-0.15, -0.1) is 11.6 Å². The van der Waals surface area contributed by atoms with E-state index in [-0.39, 0.29) is 0 Å². The Labute approximate surface area is 100 Å². The molecule has 2 nitrogen and oxygen atoms in total. The average Bonchev–Trinajstić information content (AvgIpc) is 2.81. The molecule has 1 aromatic rings. The minimum Gasteiger partial charge on any atom is -0.371 e. The van der Waals surface area contributed by atoms with Gasteiger partial charge in [0.25, 0.3) is 0 Å². The molecular formula is C11H15ClN2S. The molecule has 0 radical (unpaired) electrons. The van der Waals surface area contributed by atoms with Crippen molar-refractivity contribution < 1.29 is 0 Å². The smallest absolute Gasteiger partial charge is 0.0648 e. The van der Waals surface area contributed by atoms with Crippen molar-refractivity contribution in [3.8, 4) is 0 Å². The first kappa shape index (κ1) is 11.1. The molecule has 0 saturated carbocycles. The van der Waals surface area contributed by atoms with Crippen LogP contribution in [0.1, 0.15) is 12.1 Å². The first-order valence-electron chi connectivity index (χ1n) is 5.12. The van der Waals surface area contributed by atoms with Crippen LogP contribution in [0.3, 0.4) is 0 Å². The van der Waals surface area contributed by atoms with Crippen molar-refractivity contribution in [2.45, 2.75) is 18.3 Å². The van der Waals surface area contributed by atoms with Gasteiger partial charge in [-0.2, -0.15) is 11.8 Å². The van der Waals surface area contributed by atoms with Gasteiger partial charge in [0.1, 0.15) is 0 Å². The van der Waals surface area contributed by atoms with Crippen LogP contribution in [-0.4, -0.2) is 29.6 Å². The van der Waals surface area contributed by atoms with Gasteiger partial charge >= 0.3 is 0 Å². The summed E-state index contributed by atoms with van der Waals surface area (Å²) in [5, 5.41) is 0. The van der Waals surface area contributed by atoms with Crippen LogP contribution in [0.2, 0.25) is 0 Å². The second-order valence-corrected chi connectivity index (χ2v) is 5.18. The summed E-state index contributed by atoms with van der Waals surface area (Å²) in [6.45, 7) is 0. The first-order valence-corrected chi connectivity index (χ1v) is 6.81. The summed E-state index contributed by atoms with van der Waals surface area (Å²) in [4.78, 5) is 6.55. The lowest BCUT2D eigenvalue weighted by atomic mass is 10.2. The van der Waals surface area contributed by atoms with E-state index in [9.17, 15) is 0 Å². The predicted molar refractivity (Wildman–Crippen MR) is 67.9 cm³/mol. The molecule has 0 aromatic carbocycles. The van der Waals surface area contributed by atoms with Gasteiger partial charge in [0.2, 0.25) is 0 Å². The number of aromatic nitrogens is 1. The highest BCUT2D eigenvalue weighted by Crippen LogP contribution is 2.25. The predicted octanol–water partition coefficient (Wildman–Crippen LogP) is 2.76. The van der Waals surface area contributed by atoms with E-state index in [4.69, 9.17) is 11.6 Å². The van der Waals surface area contributed by atoms with Crippen LogP contribution >= 0.6 is 23.4 Å². The van der Waals surface area contributed by atoms with Crippen LogP contribution in [0.4, 0.5) is 5.69 Å². The Balaban J connectivity index is 2.13. The van der Waals surface area contributed by atoms with Crippen LogP contribution in [-0.2, 0) is 5.88 Å². The van der Waals surface area contributed by atoms with Gasteiger partial charge in [0.05, 0.1) is 11.6 Å². The summed E-state index contributed by atoms with van der Waals surface area (Å²) in [5.41, 5.74) is 2.18. The number of nitrogens with zero attached hydrogens (tertiary/aromatic N) is 2. The summed E-state index contributed by atoms with van der Waals surface area (Å²) in [6, 6.07) is 4.80. The Morgan fingerprint density at radius 3 is 3.20 bits per heavy atom. The third-order valence-corrected chi connectivity index (χ3v) is 4.22. The molecule has 2 rings (SSSR count). The molecule has 15 heavy (non-hydrogen) atoms. The fraction of sp³-hybridized carbons (Fsp3) is 0.545. The van der Waals surface area contributed by atoms with E-state index in [1.54, 1.807) is 0 Å². The molecule has 82 valence electrons. The molecule has 0 spiro atoms. The van der Waals surface area contributed by atoms with E-state index in [0.717, 1.165) is 5.69 Å². The zero-order valence-corrected chi connectivity index (χ0v) is 10.4. The molecule has 0 bridgehead atoms. The van der Waals surface area contributed by atoms with Gasteiger partial charge in [0, 0.05) is 30.7 Å². The molecule has 0 amide bonds. The van der Waals surface area contributed by atoms with E-state index < -0.39 is 0 Å². The van der Waals surface area contributed by atoms with E-state index in [2.05, 4.69) is 29.1 Å².